The number of nitro groups is 1. The number of benzene rings is 1. The van der Waals surface area contributed by atoms with Crippen LogP contribution in [0.15, 0.2) is 69.4 Å². The highest BCUT2D eigenvalue weighted by atomic mass is 32.2. The summed E-state index contributed by atoms with van der Waals surface area (Å²) in [6, 6.07) is 10.8. The lowest BCUT2D eigenvalue weighted by atomic mass is 10.1. The number of nitrogens with one attached hydrogen (secondary N) is 1. The minimum absolute atomic E-state index is 0.0939. The van der Waals surface area contributed by atoms with Crippen LogP contribution in [0.25, 0.3) is 0 Å². The van der Waals surface area contributed by atoms with Crippen LogP contribution in [0.1, 0.15) is 19.4 Å². The Hall–Kier alpha value is -2.55. The smallest absolute Gasteiger partial charge is 0.270 e. The lowest BCUT2D eigenvalue weighted by Gasteiger charge is -2.32. The van der Waals surface area contributed by atoms with Gasteiger partial charge in [0.05, 0.1) is 4.92 Å². The summed E-state index contributed by atoms with van der Waals surface area (Å²) in [4.78, 5) is 20.5. The van der Waals surface area contributed by atoms with Crippen molar-refractivity contribution < 1.29 is 9.41 Å². The van der Waals surface area contributed by atoms with Crippen molar-refractivity contribution in [2.75, 3.05) is 13.7 Å². The van der Waals surface area contributed by atoms with Gasteiger partial charge in [-0.05, 0) is 37.0 Å². The maximum absolute atomic E-state index is 11.2. The van der Waals surface area contributed by atoms with Crippen LogP contribution in [0, 0.1) is 16.0 Å². The number of allylic oxidation sites excluding steroid dienone is 1. The molecule has 1 N–H and O–H groups in total. The first-order chi connectivity index (χ1) is 13.4. The van der Waals surface area contributed by atoms with Gasteiger partial charge in [0.1, 0.15) is 18.9 Å². The molecule has 3 rings (SSSR count). The number of hydrogen-bond acceptors (Lipinski definition) is 6. The van der Waals surface area contributed by atoms with Gasteiger partial charge in [-0.25, -0.2) is 9.48 Å². The summed E-state index contributed by atoms with van der Waals surface area (Å²) in [6.07, 6.45) is 5.56. The van der Waals surface area contributed by atoms with Gasteiger partial charge in [-0.3, -0.25) is 20.4 Å². The predicted octanol–water partition coefficient (Wildman–Crippen LogP) is 4.14. The molecule has 0 bridgehead atoms. The van der Waals surface area contributed by atoms with Gasteiger partial charge in [-0.15, -0.1) is 0 Å². The third kappa shape index (κ3) is 4.30. The Balaban J connectivity index is 2.02. The van der Waals surface area contributed by atoms with E-state index in [1.54, 1.807) is 36.3 Å². The van der Waals surface area contributed by atoms with Crippen LogP contribution in [0.4, 0.5) is 5.69 Å². The normalized spacial score (nSPS) is 18.9. The average molecular weight is 399 g/mol. The SMILES string of the molecule is CNC[N+]1(Cc2ccncc2)C=NC(C(C)C)=C1Sc1cccc([N+](=O)[O-])c1. The molecule has 1 aliphatic rings. The molecule has 7 nitrogen and oxygen atoms in total. The first-order valence-corrected chi connectivity index (χ1v) is 9.89. The van der Waals surface area contributed by atoms with Gasteiger partial charge in [-0.2, -0.15) is 0 Å². The molecule has 1 aromatic heterocycles. The maximum atomic E-state index is 11.2. The summed E-state index contributed by atoms with van der Waals surface area (Å²) < 4.78 is 0.515. The number of hydrogen-bond donors (Lipinski definition) is 1. The number of non-ortho nitro benzene ring substituents is 1. The Kier molecular flexibility index (Phi) is 6.23. The molecule has 0 amide bonds. The largest absolute Gasteiger partial charge is 0.273 e. The second-order valence-electron chi connectivity index (χ2n) is 7.01. The monoisotopic (exact) mass is 398 g/mol. The highest BCUT2D eigenvalue weighted by Gasteiger charge is 2.40. The van der Waals surface area contributed by atoms with E-state index in [0.29, 0.717) is 11.2 Å². The van der Waals surface area contributed by atoms with Crippen LogP contribution >= 0.6 is 11.8 Å². The number of aliphatic imine (C=N–C) groups is 1. The molecule has 1 aromatic carbocycles. The van der Waals surface area contributed by atoms with Crippen molar-refractivity contribution in [2.24, 2.45) is 10.9 Å². The van der Waals surface area contributed by atoms with E-state index in [1.807, 2.05) is 31.6 Å². The molecule has 8 heteroatoms. The second-order valence-corrected chi connectivity index (χ2v) is 8.07. The molecule has 146 valence electrons. The Bertz CT molecular complexity index is 914. The van der Waals surface area contributed by atoms with E-state index in [2.05, 4.69) is 24.1 Å². The van der Waals surface area contributed by atoms with Crippen LogP contribution in [0.3, 0.4) is 0 Å². The number of quaternary nitrogens is 1. The first kappa shape index (κ1) is 20.2. The van der Waals surface area contributed by atoms with E-state index in [1.165, 1.54) is 6.07 Å². The van der Waals surface area contributed by atoms with Crippen molar-refractivity contribution in [3.05, 3.63) is 75.2 Å². The van der Waals surface area contributed by atoms with E-state index in [0.717, 1.165) is 27.7 Å². The molecular weight excluding hydrogens is 374 g/mol. The lowest BCUT2D eigenvalue weighted by Crippen LogP contribution is -2.48. The minimum atomic E-state index is -0.361. The summed E-state index contributed by atoms with van der Waals surface area (Å²) >= 11 is 1.55. The van der Waals surface area contributed by atoms with E-state index in [9.17, 15) is 10.1 Å². The summed E-state index contributed by atoms with van der Waals surface area (Å²) in [5.74, 6) is 0.242. The van der Waals surface area contributed by atoms with Gasteiger partial charge in [0, 0.05) is 40.9 Å². The van der Waals surface area contributed by atoms with Crippen LogP contribution < -0.4 is 5.32 Å². The number of aromatic nitrogens is 1. The maximum Gasteiger partial charge on any atom is 0.270 e. The van der Waals surface area contributed by atoms with Gasteiger partial charge < -0.3 is 0 Å². The molecule has 0 saturated heterocycles. The van der Waals surface area contributed by atoms with Crippen molar-refractivity contribution in [3.63, 3.8) is 0 Å². The van der Waals surface area contributed by atoms with Crippen LogP contribution in [-0.2, 0) is 6.54 Å². The zero-order valence-corrected chi connectivity index (χ0v) is 17.0. The van der Waals surface area contributed by atoms with Crippen LogP contribution in [0.5, 0.6) is 0 Å². The quantitative estimate of drug-likeness (QED) is 0.411. The number of nitrogens with zero attached hydrogens (tertiary/aromatic N) is 4. The fraction of sp³-hybridized carbons (Fsp3) is 0.300. The highest BCUT2D eigenvalue weighted by Crippen LogP contribution is 2.43. The third-order valence-corrected chi connectivity index (χ3v) is 5.74. The van der Waals surface area contributed by atoms with Gasteiger partial charge >= 0.3 is 0 Å². The van der Waals surface area contributed by atoms with E-state index in [-0.39, 0.29) is 16.5 Å². The molecule has 1 aliphatic heterocycles. The summed E-state index contributed by atoms with van der Waals surface area (Å²) in [5, 5.41) is 15.5. The average Bonchev–Trinajstić information content (AvgIpc) is 3.01. The Morgan fingerprint density at radius 2 is 2.00 bits per heavy atom. The number of thioether (sulfide) groups is 1. The summed E-state index contributed by atoms with van der Waals surface area (Å²) in [5.41, 5.74) is 2.26. The van der Waals surface area contributed by atoms with Crippen molar-refractivity contribution >= 4 is 23.8 Å². The van der Waals surface area contributed by atoms with Crippen LogP contribution in [-0.4, -0.2) is 34.4 Å². The topological polar surface area (TPSA) is 80.4 Å². The molecule has 0 aliphatic carbocycles. The third-order valence-electron chi connectivity index (χ3n) is 4.49. The Morgan fingerprint density at radius 1 is 1.25 bits per heavy atom. The Morgan fingerprint density at radius 3 is 2.64 bits per heavy atom. The zero-order valence-electron chi connectivity index (χ0n) is 16.2. The summed E-state index contributed by atoms with van der Waals surface area (Å²) in [6.45, 7) is 5.62. The van der Waals surface area contributed by atoms with Crippen LogP contribution in [0.2, 0.25) is 0 Å². The molecule has 2 heterocycles. The fourth-order valence-corrected chi connectivity index (χ4v) is 4.50. The minimum Gasteiger partial charge on any atom is -0.273 e. The first-order valence-electron chi connectivity index (χ1n) is 9.08. The number of nitro benzene ring substituents is 1. The molecule has 0 radical (unpaired) electrons. The van der Waals surface area contributed by atoms with Crippen molar-refractivity contribution in [2.45, 2.75) is 25.3 Å². The zero-order chi connectivity index (χ0) is 20.1. The van der Waals surface area contributed by atoms with Crippen molar-refractivity contribution in [1.82, 2.24) is 10.3 Å². The molecule has 1 atom stereocenters. The summed E-state index contributed by atoms with van der Waals surface area (Å²) in [7, 11) is 1.92. The molecule has 28 heavy (non-hydrogen) atoms. The van der Waals surface area contributed by atoms with Gasteiger partial charge in [-0.1, -0.05) is 19.9 Å². The molecule has 0 spiro atoms. The number of rotatable bonds is 8. The number of pyridine rings is 1. The van der Waals surface area contributed by atoms with E-state index < -0.39 is 0 Å². The van der Waals surface area contributed by atoms with Gasteiger partial charge in [0.2, 0.25) is 5.03 Å². The highest BCUT2D eigenvalue weighted by molar-refractivity contribution is 8.02. The van der Waals surface area contributed by atoms with Gasteiger partial charge in [0.15, 0.2) is 6.34 Å². The molecule has 2 aromatic rings. The lowest BCUT2D eigenvalue weighted by molar-refractivity contribution is -0.802. The Labute approximate surface area is 168 Å². The van der Waals surface area contributed by atoms with Crippen molar-refractivity contribution in [3.8, 4) is 0 Å². The second kappa shape index (κ2) is 8.64. The van der Waals surface area contributed by atoms with Gasteiger partial charge in [0.25, 0.3) is 5.69 Å². The van der Waals surface area contributed by atoms with E-state index in [4.69, 9.17) is 4.99 Å². The molecule has 1 unspecified atom stereocenters. The van der Waals surface area contributed by atoms with E-state index >= 15 is 0 Å². The molecule has 0 fully saturated rings. The standard InChI is InChI=1S/C20H24N5O2S/c1-15(2)19-20(28-18-6-4-5-17(11-18)24(26)27)25(13-21-3,14-23-19)12-16-7-9-22-10-8-16/h4-11,14-15,21H,12-13H2,1-3H3/q+1. The molecule has 0 saturated carbocycles. The fourth-order valence-electron chi connectivity index (χ4n) is 3.20. The predicted molar refractivity (Wildman–Crippen MR) is 111 cm³/mol. The van der Waals surface area contributed by atoms with Crippen molar-refractivity contribution in [1.29, 1.82) is 0 Å². The molecular formula is C20H24N5O2S+.